The van der Waals surface area contributed by atoms with Crippen LogP contribution < -0.4 is 14.8 Å². The first-order valence-electron chi connectivity index (χ1n) is 9.41. The summed E-state index contributed by atoms with van der Waals surface area (Å²) < 4.78 is 12.8. The van der Waals surface area contributed by atoms with E-state index in [2.05, 4.69) is 25.1 Å². The van der Waals surface area contributed by atoms with Crippen molar-refractivity contribution in [2.24, 2.45) is 0 Å². The molecule has 1 fully saturated rings. The summed E-state index contributed by atoms with van der Waals surface area (Å²) in [6.45, 7) is 2.07. The minimum atomic E-state index is -0.344. The molecule has 2 aliphatic rings. The highest BCUT2D eigenvalue weighted by Crippen LogP contribution is 2.41. The summed E-state index contributed by atoms with van der Waals surface area (Å²) in [5, 5.41) is 12.1. The topological polar surface area (TPSA) is 91.2 Å². The predicted molar refractivity (Wildman–Crippen MR) is 108 cm³/mol. The molecule has 8 nitrogen and oxygen atoms in total. The van der Waals surface area contributed by atoms with E-state index < -0.39 is 0 Å². The van der Waals surface area contributed by atoms with E-state index in [1.807, 2.05) is 19.1 Å². The Labute approximate surface area is 171 Å². The molecule has 5 rings (SSSR count). The van der Waals surface area contributed by atoms with Gasteiger partial charge in [0.25, 0.3) is 0 Å². The number of carbonyl (C=O) groups is 1. The number of thioether (sulfide) groups is 1. The van der Waals surface area contributed by atoms with Crippen molar-refractivity contribution in [2.45, 2.75) is 36.2 Å². The van der Waals surface area contributed by atoms with Gasteiger partial charge in [0, 0.05) is 35.8 Å². The van der Waals surface area contributed by atoms with Crippen LogP contribution in [0.1, 0.15) is 25.8 Å². The number of anilines is 1. The van der Waals surface area contributed by atoms with Gasteiger partial charge in [0.15, 0.2) is 22.5 Å². The van der Waals surface area contributed by atoms with E-state index in [1.54, 1.807) is 30.6 Å². The van der Waals surface area contributed by atoms with Crippen molar-refractivity contribution >= 4 is 23.4 Å². The zero-order valence-corrected chi connectivity index (χ0v) is 16.6. The van der Waals surface area contributed by atoms with Gasteiger partial charge in [-0.2, -0.15) is 0 Å². The zero-order valence-electron chi connectivity index (χ0n) is 15.7. The van der Waals surface area contributed by atoms with E-state index in [0.29, 0.717) is 23.2 Å². The molecule has 0 spiro atoms. The Morgan fingerprint density at radius 3 is 2.90 bits per heavy atom. The maximum atomic E-state index is 12.7. The lowest BCUT2D eigenvalue weighted by atomic mass is 10.2. The molecule has 1 aromatic carbocycles. The minimum Gasteiger partial charge on any atom is -0.454 e. The molecule has 1 aliphatic carbocycles. The summed E-state index contributed by atoms with van der Waals surface area (Å²) in [7, 11) is 0. The number of pyridine rings is 1. The molecule has 0 bridgehead atoms. The fourth-order valence-electron chi connectivity index (χ4n) is 3.14. The second kappa shape index (κ2) is 7.40. The van der Waals surface area contributed by atoms with Gasteiger partial charge in [-0.25, -0.2) is 0 Å². The molecule has 0 unspecified atom stereocenters. The van der Waals surface area contributed by atoms with Crippen LogP contribution in [0.2, 0.25) is 0 Å². The molecule has 148 valence electrons. The van der Waals surface area contributed by atoms with Crippen LogP contribution in [-0.4, -0.2) is 37.7 Å². The average molecular weight is 409 g/mol. The van der Waals surface area contributed by atoms with Gasteiger partial charge in [-0.05, 0) is 44.0 Å². The number of benzene rings is 1. The molecule has 0 radical (unpaired) electrons. The largest absolute Gasteiger partial charge is 0.454 e. The average Bonchev–Trinajstić information content (AvgIpc) is 3.32. The van der Waals surface area contributed by atoms with Gasteiger partial charge in [0.1, 0.15) is 0 Å². The zero-order chi connectivity index (χ0) is 19.8. The number of aromatic nitrogens is 4. The van der Waals surface area contributed by atoms with Crippen molar-refractivity contribution < 1.29 is 14.3 Å². The van der Waals surface area contributed by atoms with Gasteiger partial charge in [0.05, 0.1) is 5.25 Å². The molecular formula is C20H19N5O3S. The molecule has 3 heterocycles. The van der Waals surface area contributed by atoms with Gasteiger partial charge in [-0.15, -0.1) is 10.2 Å². The van der Waals surface area contributed by atoms with Gasteiger partial charge < -0.3 is 14.8 Å². The second-order valence-corrected chi connectivity index (χ2v) is 8.27. The summed E-state index contributed by atoms with van der Waals surface area (Å²) >= 11 is 1.41. The highest BCUT2D eigenvalue weighted by molar-refractivity contribution is 8.00. The van der Waals surface area contributed by atoms with Crippen molar-refractivity contribution in [3.63, 3.8) is 0 Å². The third-order valence-electron chi connectivity index (χ3n) is 4.79. The molecule has 3 aromatic rings. The van der Waals surface area contributed by atoms with E-state index in [-0.39, 0.29) is 18.0 Å². The Morgan fingerprint density at radius 1 is 1.24 bits per heavy atom. The van der Waals surface area contributed by atoms with Crippen molar-refractivity contribution in [1.82, 2.24) is 19.7 Å². The van der Waals surface area contributed by atoms with Crippen LogP contribution in [0.4, 0.5) is 5.69 Å². The molecule has 1 N–H and O–H groups in total. The van der Waals surface area contributed by atoms with E-state index >= 15 is 0 Å². The maximum absolute atomic E-state index is 12.7. The van der Waals surface area contributed by atoms with E-state index in [4.69, 9.17) is 9.47 Å². The number of rotatable bonds is 6. The van der Waals surface area contributed by atoms with Crippen LogP contribution >= 0.6 is 11.8 Å². The summed E-state index contributed by atoms with van der Waals surface area (Å²) in [5.41, 5.74) is 1.60. The maximum Gasteiger partial charge on any atom is 0.237 e. The van der Waals surface area contributed by atoms with Gasteiger partial charge >= 0.3 is 0 Å². The number of nitrogens with zero attached hydrogens (tertiary/aromatic N) is 4. The van der Waals surface area contributed by atoms with Crippen LogP contribution in [-0.2, 0) is 4.79 Å². The van der Waals surface area contributed by atoms with Crippen molar-refractivity contribution in [1.29, 1.82) is 0 Å². The molecular weight excluding hydrogens is 390 g/mol. The molecule has 2 aromatic heterocycles. The molecule has 1 atom stereocenters. The lowest BCUT2D eigenvalue weighted by Crippen LogP contribution is -2.22. The standard InChI is InChI=1S/C20H19N5O3S/c1-12(19(26)22-14-4-7-16-17(9-14)28-11-27-16)29-20-24-23-18(25(20)15-5-6-15)13-3-2-8-21-10-13/h2-4,7-10,12,15H,5-6,11H2,1H3,(H,22,26)/t12-/m1/s1. The van der Waals surface area contributed by atoms with E-state index in [1.165, 1.54) is 11.8 Å². The lowest BCUT2D eigenvalue weighted by Gasteiger charge is -2.13. The fraction of sp³-hybridized carbons (Fsp3) is 0.300. The summed E-state index contributed by atoms with van der Waals surface area (Å²) in [4.78, 5) is 16.9. The van der Waals surface area contributed by atoms with Crippen molar-refractivity contribution in [2.75, 3.05) is 12.1 Å². The van der Waals surface area contributed by atoms with Crippen molar-refractivity contribution in [3.05, 3.63) is 42.7 Å². The third-order valence-corrected chi connectivity index (χ3v) is 5.84. The van der Waals surface area contributed by atoms with Crippen LogP contribution in [0.3, 0.4) is 0 Å². The molecule has 1 amide bonds. The third kappa shape index (κ3) is 3.65. The Morgan fingerprint density at radius 2 is 2.10 bits per heavy atom. The van der Waals surface area contributed by atoms with Crippen LogP contribution in [0.15, 0.2) is 47.9 Å². The first kappa shape index (κ1) is 18.0. The SMILES string of the molecule is C[C@@H](Sc1nnc(-c2cccnc2)n1C1CC1)C(=O)Nc1ccc2c(c1)OCO2. The number of amides is 1. The summed E-state index contributed by atoms with van der Waals surface area (Å²) in [5.74, 6) is 2.01. The first-order chi connectivity index (χ1) is 14.2. The molecule has 1 aliphatic heterocycles. The molecule has 0 saturated heterocycles. The smallest absolute Gasteiger partial charge is 0.237 e. The van der Waals surface area contributed by atoms with Crippen LogP contribution in [0, 0.1) is 0 Å². The van der Waals surface area contributed by atoms with Gasteiger partial charge in [-0.1, -0.05) is 11.8 Å². The minimum absolute atomic E-state index is 0.109. The number of hydrogen-bond acceptors (Lipinski definition) is 7. The van der Waals surface area contributed by atoms with Crippen molar-refractivity contribution in [3.8, 4) is 22.9 Å². The summed E-state index contributed by atoms with van der Waals surface area (Å²) in [6.07, 6.45) is 5.71. The van der Waals surface area contributed by atoms with E-state index in [9.17, 15) is 4.79 Å². The van der Waals surface area contributed by atoms with Crippen LogP contribution in [0.25, 0.3) is 11.4 Å². The number of fused-ring (bicyclic) bond motifs is 1. The number of nitrogens with one attached hydrogen (secondary N) is 1. The Balaban J connectivity index is 1.32. The highest BCUT2D eigenvalue weighted by Gasteiger charge is 2.31. The normalized spacial score (nSPS) is 15.9. The molecule has 9 heteroatoms. The lowest BCUT2D eigenvalue weighted by molar-refractivity contribution is -0.115. The van der Waals surface area contributed by atoms with Crippen LogP contribution in [0.5, 0.6) is 11.5 Å². The second-order valence-electron chi connectivity index (χ2n) is 6.97. The predicted octanol–water partition coefficient (Wildman–Crippen LogP) is 3.52. The Kier molecular flexibility index (Phi) is 4.59. The summed E-state index contributed by atoms with van der Waals surface area (Å²) in [6, 6.07) is 9.60. The quantitative estimate of drug-likeness (QED) is 0.623. The number of ether oxygens (including phenoxy) is 2. The monoisotopic (exact) mass is 409 g/mol. The van der Waals surface area contributed by atoms with E-state index in [0.717, 1.165) is 29.4 Å². The van der Waals surface area contributed by atoms with Gasteiger partial charge in [0.2, 0.25) is 12.7 Å². The number of hydrogen-bond donors (Lipinski definition) is 1. The highest BCUT2D eigenvalue weighted by atomic mass is 32.2. The molecule has 29 heavy (non-hydrogen) atoms. The van der Waals surface area contributed by atoms with Gasteiger partial charge in [-0.3, -0.25) is 14.3 Å². The Hall–Kier alpha value is -3.07. The Bertz CT molecular complexity index is 1050. The molecule has 1 saturated carbocycles. The number of carbonyl (C=O) groups excluding carboxylic acids is 1. The fourth-order valence-corrected chi connectivity index (χ4v) is 4.06. The first-order valence-corrected chi connectivity index (χ1v) is 10.3.